The molecule has 0 aliphatic heterocycles. The third kappa shape index (κ3) is 3.79. The first-order chi connectivity index (χ1) is 11.3. The molecule has 1 aromatic heterocycles. The van der Waals surface area contributed by atoms with Crippen molar-refractivity contribution in [2.24, 2.45) is 5.92 Å². The zero-order valence-corrected chi connectivity index (χ0v) is 13.1. The summed E-state index contributed by atoms with van der Waals surface area (Å²) in [5.41, 5.74) is 1.51. The number of nitrogens with zero attached hydrogens (tertiary/aromatic N) is 1. The van der Waals surface area contributed by atoms with Crippen LogP contribution in [0, 0.1) is 5.92 Å². The van der Waals surface area contributed by atoms with Crippen molar-refractivity contribution in [3.8, 4) is 11.3 Å². The number of amides is 1. The Balaban J connectivity index is 1.67. The monoisotopic (exact) mass is 314 g/mol. The number of aliphatic hydroxyl groups is 1. The van der Waals surface area contributed by atoms with Crippen LogP contribution in [0.1, 0.15) is 42.5 Å². The van der Waals surface area contributed by atoms with Gasteiger partial charge in [0.15, 0.2) is 12.2 Å². The molecular weight excluding hydrogens is 292 g/mol. The van der Waals surface area contributed by atoms with Gasteiger partial charge in [-0.05, 0) is 25.0 Å². The minimum Gasteiger partial charge on any atom is -0.444 e. The summed E-state index contributed by atoms with van der Waals surface area (Å²) in [4.78, 5) is 16.3. The second kappa shape index (κ2) is 7.42. The lowest BCUT2D eigenvalue weighted by molar-refractivity contribution is 0.0899. The molecule has 1 amide bonds. The van der Waals surface area contributed by atoms with Crippen LogP contribution in [0.15, 0.2) is 41.3 Å². The maximum atomic E-state index is 12.5. The zero-order valence-electron chi connectivity index (χ0n) is 13.1. The van der Waals surface area contributed by atoms with E-state index in [1.54, 1.807) is 18.3 Å². The van der Waals surface area contributed by atoms with E-state index in [1.807, 2.05) is 12.1 Å². The molecule has 5 nitrogen and oxygen atoms in total. The normalized spacial score (nSPS) is 21.6. The highest BCUT2D eigenvalue weighted by molar-refractivity contribution is 5.94. The van der Waals surface area contributed by atoms with E-state index in [0.29, 0.717) is 11.3 Å². The first-order valence-corrected chi connectivity index (χ1v) is 8.18. The van der Waals surface area contributed by atoms with Crippen LogP contribution in [0.2, 0.25) is 0 Å². The predicted octanol–water partition coefficient (Wildman–Crippen LogP) is 3.01. The third-order valence-electron chi connectivity index (χ3n) is 4.57. The summed E-state index contributed by atoms with van der Waals surface area (Å²) in [6.45, 7) is 0.134. The molecule has 1 saturated carbocycles. The van der Waals surface area contributed by atoms with Gasteiger partial charge in [0.1, 0.15) is 0 Å². The molecular formula is C18H22N2O3. The topological polar surface area (TPSA) is 75.4 Å². The number of benzene rings is 1. The third-order valence-corrected chi connectivity index (χ3v) is 4.57. The van der Waals surface area contributed by atoms with Gasteiger partial charge in [-0.3, -0.25) is 4.79 Å². The molecule has 1 aliphatic rings. The van der Waals surface area contributed by atoms with Gasteiger partial charge in [0.25, 0.3) is 5.91 Å². The highest BCUT2D eigenvalue weighted by atomic mass is 16.3. The van der Waals surface area contributed by atoms with Crippen LogP contribution >= 0.6 is 0 Å². The van der Waals surface area contributed by atoms with Crippen molar-refractivity contribution >= 4 is 5.91 Å². The number of oxazole rings is 1. The molecule has 23 heavy (non-hydrogen) atoms. The fourth-order valence-corrected chi connectivity index (χ4v) is 3.19. The molecule has 122 valence electrons. The van der Waals surface area contributed by atoms with Crippen LogP contribution in [-0.2, 0) is 0 Å². The lowest BCUT2D eigenvalue weighted by atomic mass is 9.95. The number of carbonyl (C=O) groups excluding carboxylic acids is 1. The Bertz CT molecular complexity index is 622. The molecule has 2 aromatic rings. The number of aliphatic hydroxyl groups excluding tert-OH is 1. The Morgan fingerprint density at radius 1 is 1.22 bits per heavy atom. The highest BCUT2D eigenvalue weighted by Crippen LogP contribution is 2.24. The average molecular weight is 314 g/mol. The summed E-state index contributed by atoms with van der Waals surface area (Å²) in [7, 11) is 0. The highest BCUT2D eigenvalue weighted by Gasteiger charge is 2.24. The maximum Gasteiger partial charge on any atom is 0.251 e. The summed E-state index contributed by atoms with van der Waals surface area (Å²) in [5, 5.41) is 12.6. The second-order valence-electron chi connectivity index (χ2n) is 6.10. The van der Waals surface area contributed by atoms with E-state index in [2.05, 4.69) is 10.3 Å². The molecule has 1 fully saturated rings. The van der Waals surface area contributed by atoms with Gasteiger partial charge in [-0.1, -0.05) is 31.4 Å². The summed E-state index contributed by atoms with van der Waals surface area (Å²) in [6.07, 6.45) is 8.35. The number of nitrogens with one attached hydrogen (secondary N) is 1. The van der Waals surface area contributed by atoms with Gasteiger partial charge in [0.2, 0.25) is 0 Å². The fraction of sp³-hybridized carbons (Fsp3) is 0.444. The van der Waals surface area contributed by atoms with Gasteiger partial charge in [-0.15, -0.1) is 0 Å². The van der Waals surface area contributed by atoms with E-state index in [-0.39, 0.29) is 24.5 Å². The van der Waals surface area contributed by atoms with E-state index >= 15 is 0 Å². The van der Waals surface area contributed by atoms with Gasteiger partial charge >= 0.3 is 0 Å². The summed E-state index contributed by atoms with van der Waals surface area (Å²) in [6, 6.07) is 7.34. The molecule has 1 aromatic carbocycles. The Morgan fingerprint density at radius 2 is 2.00 bits per heavy atom. The molecule has 2 atom stereocenters. The van der Waals surface area contributed by atoms with Gasteiger partial charge < -0.3 is 14.8 Å². The molecule has 0 spiro atoms. The minimum absolute atomic E-state index is 0.0592. The lowest BCUT2D eigenvalue weighted by Crippen LogP contribution is -2.41. The predicted molar refractivity (Wildman–Crippen MR) is 86.9 cm³/mol. The van der Waals surface area contributed by atoms with Crippen LogP contribution in [0.3, 0.4) is 0 Å². The molecule has 0 bridgehead atoms. The molecule has 2 N–H and O–H groups in total. The Labute approximate surface area is 135 Å². The summed E-state index contributed by atoms with van der Waals surface area (Å²) >= 11 is 0. The number of hydrogen-bond acceptors (Lipinski definition) is 4. The summed E-state index contributed by atoms with van der Waals surface area (Å²) in [5.74, 6) is 0.760. The zero-order chi connectivity index (χ0) is 16.1. The minimum atomic E-state index is -0.0838. The van der Waals surface area contributed by atoms with Crippen molar-refractivity contribution in [3.05, 3.63) is 42.4 Å². The molecule has 0 saturated heterocycles. The van der Waals surface area contributed by atoms with E-state index in [1.165, 1.54) is 12.8 Å². The first-order valence-electron chi connectivity index (χ1n) is 8.18. The Morgan fingerprint density at radius 3 is 2.70 bits per heavy atom. The van der Waals surface area contributed by atoms with Gasteiger partial charge in [-0.25, -0.2) is 4.98 Å². The number of rotatable bonds is 4. The molecule has 5 heteroatoms. The van der Waals surface area contributed by atoms with Crippen molar-refractivity contribution in [2.75, 3.05) is 6.61 Å². The number of aromatic nitrogens is 1. The van der Waals surface area contributed by atoms with Gasteiger partial charge in [0.05, 0.1) is 6.20 Å². The number of hydrogen-bond donors (Lipinski definition) is 2. The maximum absolute atomic E-state index is 12.5. The van der Waals surface area contributed by atoms with Crippen LogP contribution in [0.5, 0.6) is 0 Å². The smallest absolute Gasteiger partial charge is 0.251 e. The molecule has 0 radical (unpaired) electrons. The Hall–Kier alpha value is -2.14. The van der Waals surface area contributed by atoms with Crippen molar-refractivity contribution in [3.63, 3.8) is 0 Å². The SMILES string of the molecule is O=C(NC1CCCCCC1CO)c1ccc(-c2cnco2)cc1. The fourth-order valence-electron chi connectivity index (χ4n) is 3.19. The Kier molecular flexibility index (Phi) is 5.08. The lowest BCUT2D eigenvalue weighted by Gasteiger charge is -2.24. The van der Waals surface area contributed by atoms with Crippen molar-refractivity contribution in [1.82, 2.24) is 10.3 Å². The van der Waals surface area contributed by atoms with Crippen molar-refractivity contribution in [2.45, 2.75) is 38.1 Å². The molecule has 1 aliphatic carbocycles. The summed E-state index contributed by atoms with van der Waals surface area (Å²) < 4.78 is 5.24. The van der Waals surface area contributed by atoms with Crippen LogP contribution in [-0.4, -0.2) is 28.6 Å². The quantitative estimate of drug-likeness (QED) is 0.851. The van der Waals surface area contributed by atoms with Gasteiger partial charge in [0, 0.05) is 29.7 Å². The van der Waals surface area contributed by atoms with Crippen LogP contribution < -0.4 is 5.32 Å². The van der Waals surface area contributed by atoms with Gasteiger partial charge in [-0.2, -0.15) is 0 Å². The number of carbonyl (C=O) groups is 1. The van der Waals surface area contributed by atoms with E-state index < -0.39 is 0 Å². The average Bonchev–Trinajstić information content (AvgIpc) is 3.03. The van der Waals surface area contributed by atoms with Crippen LogP contribution in [0.25, 0.3) is 11.3 Å². The second-order valence-corrected chi connectivity index (χ2v) is 6.10. The van der Waals surface area contributed by atoms with E-state index in [9.17, 15) is 9.90 Å². The van der Waals surface area contributed by atoms with E-state index in [4.69, 9.17) is 4.42 Å². The molecule has 1 heterocycles. The standard InChI is InChI=1S/C18H22N2O3/c21-11-15-4-2-1-3-5-16(15)20-18(22)14-8-6-13(7-9-14)17-10-19-12-23-17/h6-10,12,15-16,21H,1-5,11H2,(H,20,22). The first kappa shape index (κ1) is 15.7. The molecule has 3 rings (SSSR count). The van der Waals surface area contributed by atoms with Crippen molar-refractivity contribution < 1.29 is 14.3 Å². The largest absolute Gasteiger partial charge is 0.444 e. The molecule has 2 unspecified atom stereocenters. The van der Waals surface area contributed by atoms with E-state index in [0.717, 1.165) is 31.2 Å². The van der Waals surface area contributed by atoms with Crippen LogP contribution in [0.4, 0.5) is 0 Å². The van der Waals surface area contributed by atoms with Crippen molar-refractivity contribution in [1.29, 1.82) is 0 Å².